The van der Waals surface area contributed by atoms with Crippen LogP contribution >= 0.6 is 11.8 Å². The highest BCUT2D eigenvalue weighted by Crippen LogP contribution is 2.50. The summed E-state index contributed by atoms with van der Waals surface area (Å²) < 4.78 is 0. The number of carbonyl (C=O) groups is 1. The van der Waals surface area contributed by atoms with Crippen LogP contribution in [0.15, 0.2) is 36.5 Å². The van der Waals surface area contributed by atoms with E-state index in [-0.39, 0.29) is 0 Å². The van der Waals surface area contributed by atoms with Crippen LogP contribution in [0.25, 0.3) is 0 Å². The summed E-state index contributed by atoms with van der Waals surface area (Å²) in [5.74, 6) is 6.26. The summed E-state index contributed by atoms with van der Waals surface area (Å²) in [6.07, 6.45) is 25.4. The predicted octanol–water partition coefficient (Wildman–Crippen LogP) is 6.61. The Morgan fingerprint density at radius 1 is 1.11 bits per heavy atom. The number of hydrogen-bond acceptors (Lipinski definition) is 2. The van der Waals surface area contributed by atoms with Gasteiger partial charge >= 0.3 is 0 Å². The fourth-order valence-electron chi connectivity index (χ4n) is 6.48. The third-order valence-electron chi connectivity index (χ3n) is 8.10. The Balaban J connectivity index is 1.34. The van der Waals surface area contributed by atoms with Crippen molar-refractivity contribution < 1.29 is 4.79 Å². The van der Waals surface area contributed by atoms with E-state index < -0.39 is 0 Å². The monoisotopic (exact) mass is 384 g/mol. The molecule has 0 spiro atoms. The maximum Gasteiger partial charge on any atom is 0.143 e. The number of ketones is 1. The van der Waals surface area contributed by atoms with Crippen molar-refractivity contribution in [2.75, 3.05) is 11.5 Å². The molecule has 2 heteroatoms. The molecule has 2 fully saturated rings. The fraction of sp³-hybridized carbons (Fsp3) is 0.720. The van der Waals surface area contributed by atoms with Crippen LogP contribution in [-0.4, -0.2) is 17.3 Å². The third kappa shape index (κ3) is 4.31. The minimum absolute atomic E-state index is 0.351. The van der Waals surface area contributed by atoms with Gasteiger partial charge < -0.3 is 0 Å². The smallest absolute Gasteiger partial charge is 0.143 e. The van der Waals surface area contributed by atoms with Crippen molar-refractivity contribution in [3.05, 3.63) is 36.5 Å². The molecule has 27 heavy (non-hydrogen) atoms. The fourth-order valence-corrected chi connectivity index (χ4v) is 7.67. The lowest BCUT2D eigenvalue weighted by atomic mass is 9.59. The molecule has 0 aliphatic heterocycles. The van der Waals surface area contributed by atoms with Crippen LogP contribution in [0.1, 0.15) is 64.7 Å². The summed E-state index contributed by atoms with van der Waals surface area (Å²) >= 11 is 1.94. The highest BCUT2D eigenvalue weighted by atomic mass is 32.2. The van der Waals surface area contributed by atoms with E-state index in [9.17, 15) is 4.79 Å². The molecule has 0 aromatic carbocycles. The standard InChI is InChI=1S/C25H36OS/c1-2-25(13-7-8-14-25)16-21(26)17-27-18-24-22-11-5-3-9-19(22)15-20-10-4-6-12-23(20)24/h3-6,9,11,19-20,22-24H,2,7-8,10,12-18H2,1H3/t19-,20+,22?,23+,24?/m1/s1. The summed E-state index contributed by atoms with van der Waals surface area (Å²) in [6.45, 7) is 2.29. The first kappa shape index (κ1) is 19.6. The summed E-state index contributed by atoms with van der Waals surface area (Å²) in [5, 5.41) is 0. The zero-order valence-corrected chi connectivity index (χ0v) is 17.8. The Labute approximate surface area is 170 Å². The molecule has 0 radical (unpaired) electrons. The van der Waals surface area contributed by atoms with Gasteiger partial charge in [0, 0.05) is 6.42 Å². The lowest BCUT2D eigenvalue weighted by Crippen LogP contribution is -2.41. The highest BCUT2D eigenvalue weighted by molar-refractivity contribution is 7.99. The van der Waals surface area contributed by atoms with Crippen LogP contribution in [0.4, 0.5) is 0 Å². The minimum atomic E-state index is 0.351. The minimum Gasteiger partial charge on any atom is -0.299 e. The maximum absolute atomic E-state index is 12.7. The van der Waals surface area contributed by atoms with Gasteiger partial charge in [-0.1, -0.05) is 62.6 Å². The Kier molecular flexibility index (Phi) is 6.31. The number of fused-ring (bicyclic) bond motifs is 2. The third-order valence-corrected chi connectivity index (χ3v) is 9.24. The molecule has 0 aromatic heterocycles. The summed E-state index contributed by atoms with van der Waals surface area (Å²) in [4.78, 5) is 12.7. The molecule has 0 amide bonds. The second-order valence-electron chi connectivity index (χ2n) is 9.57. The van der Waals surface area contributed by atoms with Gasteiger partial charge in [-0.3, -0.25) is 4.79 Å². The first-order valence-corrected chi connectivity index (χ1v) is 12.5. The molecule has 5 atom stereocenters. The van der Waals surface area contributed by atoms with Gasteiger partial charge in [0.05, 0.1) is 5.75 Å². The van der Waals surface area contributed by atoms with E-state index in [0.717, 1.165) is 35.8 Å². The van der Waals surface area contributed by atoms with Crippen LogP contribution in [0.2, 0.25) is 0 Å². The number of Topliss-reactive ketones (excluding diaryl/α,β-unsaturated/α-hetero) is 1. The second kappa shape index (κ2) is 8.72. The Morgan fingerprint density at radius 2 is 1.89 bits per heavy atom. The van der Waals surface area contributed by atoms with E-state index >= 15 is 0 Å². The van der Waals surface area contributed by atoms with Gasteiger partial charge in [0.1, 0.15) is 5.78 Å². The molecule has 0 bridgehead atoms. The summed E-state index contributed by atoms with van der Waals surface area (Å²) in [7, 11) is 0. The Morgan fingerprint density at radius 3 is 2.70 bits per heavy atom. The summed E-state index contributed by atoms with van der Waals surface area (Å²) in [5.41, 5.74) is 0.351. The number of allylic oxidation sites excluding steroid dienone is 6. The largest absolute Gasteiger partial charge is 0.299 e. The predicted molar refractivity (Wildman–Crippen MR) is 117 cm³/mol. The van der Waals surface area contributed by atoms with Crippen molar-refractivity contribution in [1.82, 2.24) is 0 Å². The first-order chi connectivity index (χ1) is 13.2. The molecule has 4 aliphatic carbocycles. The molecule has 2 unspecified atom stereocenters. The van der Waals surface area contributed by atoms with Crippen molar-refractivity contribution in [3.63, 3.8) is 0 Å². The van der Waals surface area contributed by atoms with Crippen LogP contribution in [-0.2, 0) is 4.79 Å². The van der Waals surface area contributed by atoms with E-state index in [4.69, 9.17) is 0 Å². The molecular formula is C25H36OS. The van der Waals surface area contributed by atoms with Gasteiger partial charge in [0.2, 0.25) is 0 Å². The molecule has 1 nitrogen and oxygen atoms in total. The van der Waals surface area contributed by atoms with Crippen LogP contribution in [0.5, 0.6) is 0 Å². The van der Waals surface area contributed by atoms with Gasteiger partial charge in [0.15, 0.2) is 0 Å². The van der Waals surface area contributed by atoms with Crippen molar-refractivity contribution in [3.8, 4) is 0 Å². The lowest BCUT2D eigenvalue weighted by molar-refractivity contribution is -0.118. The number of thioether (sulfide) groups is 1. The van der Waals surface area contributed by atoms with Crippen LogP contribution in [0.3, 0.4) is 0 Å². The normalized spacial score (nSPS) is 36.4. The van der Waals surface area contributed by atoms with E-state index in [1.807, 2.05) is 11.8 Å². The number of rotatable bonds is 7. The van der Waals surface area contributed by atoms with E-state index in [1.165, 1.54) is 57.1 Å². The van der Waals surface area contributed by atoms with Crippen molar-refractivity contribution in [1.29, 1.82) is 0 Å². The molecule has 0 heterocycles. The van der Waals surface area contributed by atoms with Gasteiger partial charge in [-0.05, 0) is 72.9 Å². The van der Waals surface area contributed by atoms with Crippen LogP contribution < -0.4 is 0 Å². The maximum atomic E-state index is 12.7. The van der Waals surface area contributed by atoms with E-state index in [1.54, 1.807) is 0 Å². The van der Waals surface area contributed by atoms with Gasteiger partial charge in [-0.15, -0.1) is 0 Å². The highest BCUT2D eigenvalue weighted by Gasteiger charge is 2.43. The topological polar surface area (TPSA) is 17.1 Å². The van der Waals surface area contributed by atoms with Gasteiger partial charge in [-0.2, -0.15) is 11.8 Å². The number of carbonyl (C=O) groups excluding carboxylic acids is 1. The first-order valence-electron chi connectivity index (χ1n) is 11.3. The molecule has 0 N–H and O–H groups in total. The summed E-state index contributed by atoms with van der Waals surface area (Å²) in [6, 6.07) is 0. The van der Waals surface area contributed by atoms with Crippen LogP contribution in [0, 0.1) is 35.0 Å². The molecular weight excluding hydrogens is 348 g/mol. The van der Waals surface area contributed by atoms with Crippen molar-refractivity contribution in [2.45, 2.75) is 64.7 Å². The van der Waals surface area contributed by atoms with Crippen molar-refractivity contribution in [2.24, 2.45) is 35.0 Å². The molecule has 4 aliphatic rings. The molecule has 2 saturated carbocycles. The Bertz CT molecular complexity index is 610. The number of hydrogen-bond donors (Lipinski definition) is 0. The molecule has 148 valence electrons. The van der Waals surface area contributed by atoms with Gasteiger partial charge in [-0.25, -0.2) is 0 Å². The zero-order valence-electron chi connectivity index (χ0n) is 16.9. The molecule has 0 aromatic rings. The SMILES string of the molecule is CCC1(CC(=O)CSCC2C3C=CC=C[C@@H]3C[C@@H]3CC=CC[C@H]23)CCCC1. The van der Waals surface area contributed by atoms with Crippen molar-refractivity contribution >= 4 is 17.5 Å². The second-order valence-corrected chi connectivity index (χ2v) is 10.6. The lowest BCUT2D eigenvalue weighted by Gasteiger charge is -2.47. The van der Waals surface area contributed by atoms with E-state index in [0.29, 0.717) is 17.1 Å². The Hall–Kier alpha value is -0.760. The van der Waals surface area contributed by atoms with E-state index in [2.05, 4.69) is 43.4 Å². The molecule has 0 saturated heterocycles. The molecule has 4 rings (SSSR count). The quantitative estimate of drug-likeness (QED) is 0.459. The average molecular weight is 385 g/mol. The van der Waals surface area contributed by atoms with Gasteiger partial charge in [0.25, 0.3) is 0 Å². The average Bonchev–Trinajstić information content (AvgIpc) is 3.16. The zero-order chi connectivity index (χ0) is 18.7.